The van der Waals surface area contributed by atoms with Crippen molar-refractivity contribution in [2.45, 2.75) is 114 Å². The molecule has 3 unspecified atom stereocenters. The Bertz CT molecular complexity index is 2640. The van der Waals surface area contributed by atoms with Crippen molar-refractivity contribution in [2.75, 3.05) is 12.0 Å². The normalized spacial score (nSPS) is 18.5. The molecular weight excluding hydrogens is 1120 g/mol. The molecule has 2 aliphatic carbocycles. The van der Waals surface area contributed by atoms with E-state index in [0.717, 1.165) is 16.3 Å². The molecule has 2 saturated carbocycles. The number of ketones is 1. The van der Waals surface area contributed by atoms with Gasteiger partial charge in [-0.05, 0) is 94.7 Å². The van der Waals surface area contributed by atoms with E-state index in [1.54, 1.807) is 0 Å². The van der Waals surface area contributed by atoms with Gasteiger partial charge < -0.3 is 13.4 Å². The standard InChI is InChI=1S/C20H26I.C16H17O2S.C10H16O4S.C2F6NO4S2/c1-19(2,3)15-7-11-17(12-8-15)21-18-13-9-16(10-14-18)20(4,5)6;1-13(17)18-15-8-10-16(11-9-15)19(2)12-14-6-4-3-5-7-14;1-9(2)7-3-4-10(9,8(11)5-7)6-15(12,13)14;3-1(4,5)14(10,11)9-15(12,13)2(6,7)8/h7-14H,1-6H3;3-11H,12H2,1-2H3;7H,3-6H2,1-2H3,(H,12,13,14);/q2*+1;;-1/p-1. The van der Waals surface area contributed by atoms with Gasteiger partial charge in [0.1, 0.15) is 23.5 Å². The van der Waals surface area contributed by atoms with Gasteiger partial charge in [-0.3, -0.25) is 9.59 Å². The lowest BCUT2D eigenvalue weighted by molar-refractivity contribution is -0.597. The van der Waals surface area contributed by atoms with Crippen LogP contribution in [0.4, 0.5) is 26.3 Å². The van der Waals surface area contributed by atoms with Crippen molar-refractivity contribution >= 4 is 52.8 Å². The fourth-order valence-corrected chi connectivity index (χ4v) is 14.2. The van der Waals surface area contributed by atoms with Gasteiger partial charge in [0, 0.05) is 35.2 Å². The van der Waals surface area contributed by atoms with E-state index in [0.29, 0.717) is 18.6 Å². The van der Waals surface area contributed by atoms with Gasteiger partial charge in [-0.1, -0.05) is 110 Å². The number of sulfonamides is 2. The molecule has 388 valence electrons. The number of hydrogen-bond acceptors (Lipinski definition) is 10. The highest BCUT2D eigenvalue weighted by molar-refractivity contribution is 8.13. The minimum absolute atomic E-state index is 0.0248. The van der Waals surface area contributed by atoms with Crippen LogP contribution in [0, 0.1) is 23.9 Å². The highest BCUT2D eigenvalue weighted by atomic mass is 127. The van der Waals surface area contributed by atoms with Crippen LogP contribution in [-0.2, 0) is 67.2 Å². The van der Waals surface area contributed by atoms with E-state index in [4.69, 9.17) is 4.74 Å². The van der Waals surface area contributed by atoms with Gasteiger partial charge in [-0.25, -0.2) is 25.3 Å². The Morgan fingerprint density at radius 1 is 0.729 bits per heavy atom. The monoisotopic (exact) mass is 1180 g/mol. The Morgan fingerprint density at radius 3 is 1.49 bits per heavy atom. The van der Waals surface area contributed by atoms with E-state index in [1.807, 2.05) is 44.2 Å². The maximum atomic E-state index is 11.8. The van der Waals surface area contributed by atoms with Crippen LogP contribution in [0.1, 0.15) is 98.3 Å². The maximum absolute atomic E-state index is 11.8. The fourth-order valence-electron chi connectivity index (χ4n) is 7.59. The Morgan fingerprint density at radius 2 is 1.16 bits per heavy atom. The van der Waals surface area contributed by atoms with Crippen molar-refractivity contribution in [1.29, 1.82) is 0 Å². The molecule has 0 heterocycles. The average molecular weight is 1180 g/mol. The molecule has 4 aromatic carbocycles. The molecular formula is C48H58F6INO10S4. The van der Waals surface area contributed by atoms with Crippen LogP contribution in [0.25, 0.3) is 4.13 Å². The summed E-state index contributed by atoms with van der Waals surface area (Å²) in [4.78, 5) is 24.0. The average Bonchev–Trinajstić information content (AvgIpc) is 3.54. The maximum Gasteiger partial charge on any atom is 0.480 e. The second-order valence-corrected chi connectivity index (χ2v) is 29.1. The number of alkyl halides is 6. The summed E-state index contributed by atoms with van der Waals surface area (Å²) in [5, 5.41) is 0. The molecule has 0 radical (unpaired) electrons. The molecule has 4 aromatic rings. The fraction of sp³-hybridized carbons (Fsp3) is 0.458. The summed E-state index contributed by atoms with van der Waals surface area (Å²) in [6.45, 7) is 18.8. The number of nitrogens with zero attached hydrogens (tertiary/aromatic N) is 1. The lowest BCUT2D eigenvalue weighted by Gasteiger charge is -2.37. The number of benzene rings is 4. The summed E-state index contributed by atoms with van der Waals surface area (Å²) in [6, 6.07) is 36.6. The zero-order valence-corrected chi connectivity index (χ0v) is 45.7. The summed E-state index contributed by atoms with van der Waals surface area (Å²) in [7, 11) is -17.6. The van der Waals surface area contributed by atoms with Gasteiger partial charge in [0.15, 0.2) is 32.1 Å². The van der Waals surface area contributed by atoms with Crippen LogP contribution in [-0.4, -0.2) is 64.6 Å². The Balaban J connectivity index is 0.000000250. The van der Waals surface area contributed by atoms with Gasteiger partial charge in [-0.15, -0.1) is 0 Å². The second-order valence-electron chi connectivity index (χ2n) is 19.2. The van der Waals surface area contributed by atoms with Crippen molar-refractivity contribution in [3.63, 3.8) is 0 Å². The largest absolute Gasteiger partial charge is 0.748 e. The van der Waals surface area contributed by atoms with Crippen LogP contribution in [0.3, 0.4) is 0 Å². The highest BCUT2D eigenvalue weighted by Crippen LogP contribution is 2.64. The zero-order valence-electron chi connectivity index (χ0n) is 40.2. The van der Waals surface area contributed by atoms with Gasteiger partial charge in [0.25, 0.3) is 0 Å². The molecule has 2 aliphatic rings. The number of esters is 1. The van der Waals surface area contributed by atoms with Crippen molar-refractivity contribution in [3.8, 4) is 5.75 Å². The number of ether oxygens (including phenoxy) is 1. The third-order valence-electron chi connectivity index (χ3n) is 11.7. The minimum atomic E-state index is -6.72. The predicted molar refractivity (Wildman–Crippen MR) is 254 cm³/mol. The number of Topliss-reactive ketones (excluding diaryl/α,β-unsaturated/α-hetero) is 1. The molecule has 0 spiro atoms. The number of rotatable bonds is 10. The Kier molecular flexibility index (Phi) is 20.1. The molecule has 6 rings (SSSR count). The van der Waals surface area contributed by atoms with Crippen molar-refractivity contribution in [3.05, 3.63) is 131 Å². The van der Waals surface area contributed by atoms with Crippen molar-refractivity contribution < 1.29 is 91.7 Å². The van der Waals surface area contributed by atoms with Gasteiger partial charge >= 0.3 is 38.2 Å². The molecule has 0 N–H and O–H groups in total. The van der Waals surface area contributed by atoms with E-state index in [-0.39, 0.29) is 66.0 Å². The van der Waals surface area contributed by atoms with Crippen LogP contribution in [0.5, 0.6) is 5.75 Å². The van der Waals surface area contributed by atoms with E-state index in [1.165, 1.54) is 35.6 Å². The first kappa shape index (κ1) is 60.8. The molecule has 0 aromatic heterocycles. The number of hydrogen-bond donors (Lipinski definition) is 0. The molecule has 22 heteroatoms. The topological polar surface area (TPSA) is 183 Å². The molecule has 70 heavy (non-hydrogen) atoms. The number of carbonyl (C=O) groups excluding carboxylic acids is 2. The predicted octanol–water partition coefficient (Wildman–Crippen LogP) is 7.82. The smallest absolute Gasteiger partial charge is 0.480 e. The van der Waals surface area contributed by atoms with Gasteiger partial charge in [-0.2, -0.15) is 26.3 Å². The van der Waals surface area contributed by atoms with Crippen LogP contribution >= 0.6 is 0 Å². The van der Waals surface area contributed by atoms with Crippen LogP contribution < -0.4 is 25.9 Å². The van der Waals surface area contributed by atoms with E-state index in [2.05, 4.69) is 121 Å². The summed E-state index contributed by atoms with van der Waals surface area (Å²) in [5.74, 6) is 1.08. The molecule has 3 atom stereocenters. The van der Waals surface area contributed by atoms with Crippen LogP contribution in [0.2, 0.25) is 0 Å². The molecule has 0 amide bonds. The molecule has 0 saturated heterocycles. The van der Waals surface area contributed by atoms with Gasteiger partial charge in [0.05, 0.1) is 15.9 Å². The molecule has 11 nitrogen and oxygen atoms in total. The first-order chi connectivity index (χ1) is 31.7. The summed E-state index contributed by atoms with van der Waals surface area (Å²) >= 11 is -0.0703. The lowest BCUT2D eigenvalue weighted by Crippen LogP contribution is -3.61. The van der Waals surface area contributed by atoms with E-state index in [9.17, 15) is 65.7 Å². The highest BCUT2D eigenvalue weighted by Gasteiger charge is 2.64. The number of fused-ring (bicyclic) bond motifs is 2. The molecule has 0 aliphatic heterocycles. The molecule has 2 bridgehead atoms. The Hall–Kier alpha value is -3.55. The quantitative estimate of drug-likeness (QED) is 0.0379. The summed E-state index contributed by atoms with van der Waals surface area (Å²) < 4.78 is 150. The van der Waals surface area contributed by atoms with Gasteiger partial charge in [0.2, 0.25) is 0 Å². The third kappa shape index (κ3) is 17.0. The first-order valence-corrected chi connectivity index (χ1v) is 29.8. The number of carbonyl (C=O) groups is 2. The molecule has 2 fully saturated rings. The third-order valence-corrected chi connectivity index (χ3v) is 19.8. The van der Waals surface area contributed by atoms with Crippen molar-refractivity contribution in [2.24, 2.45) is 16.7 Å². The van der Waals surface area contributed by atoms with Crippen molar-refractivity contribution in [1.82, 2.24) is 0 Å². The SMILES string of the molecule is CC(=O)Oc1ccc([S+](C)Cc2ccccc2)cc1.CC(C)(C)c1ccc([I+]c2ccc(C(C)(C)C)cc2)cc1.CC1(C)C2CCC1(CS(=O)(=O)[O-])C(=O)C2.O=S(=O)([N-]S(=O)(=O)C(F)(F)F)C(F)(F)F. The van der Waals surface area contributed by atoms with E-state index >= 15 is 0 Å². The zero-order chi connectivity index (χ0) is 53.5. The Labute approximate surface area is 421 Å². The second kappa shape index (κ2) is 23.1. The lowest BCUT2D eigenvalue weighted by atomic mass is 9.70. The number of halogens is 7. The summed E-state index contributed by atoms with van der Waals surface area (Å²) in [5.41, 5.74) is -8.97. The van der Waals surface area contributed by atoms with E-state index < -0.39 is 52.3 Å². The minimum Gasteiger partial charge on any atom is -0.748 e. The first-order valence-electron chi connectivity index (χ1n) is 21.4. The summed E-state index contributed by atoms with van der Waals surface area (Å²) in [6.07, 6.45) is 4.11. The van der Waals surface area contributed by atoms with Crippen LogP contribution in [0.15, 0.2) is 108 Å².